The van der Waals surface area contributed by atoms with Gasteiger partial charge in [0.05, 0.1) is 29.1 Å². The van der Waals surface area contributed by atoms with Gasteiger partial charge in [-0.15, -0.1) is 0 Å². The van der Waals surface area contributed by atoms with Crippen molar-refractivity contribution in [3.8, 4) is 6.07 Å². The van der Waals surface area contributed by atoms with Gasteiger partial charge in [0.2, 0.25) is 11.8 Å². The Balaban J connectivity index is 1.07. The fraction of sp³-hybridized carbons (Fsp3) is 0.278. The van der Waals surface area contributed by atoms with Crippen molar-refractivity contribution in [3.05, 3.63) is 106 Å². The van der Waals surface area contributed by atoms with Crippen LogP contribution < -0.4 is 15.1 Å². The first kappa shape index (κ1) is 29.6. The molecule has 4 aromatic carbocycles. The summed E-state index contributed by atoms with van der Waals surface area (Å²) in [6.45, 7) is 1.05. The van der Waals surface area contributed by atoms with Crippen molar-refractivity contribution in [2.24, 2.45) is 5.92 Å². The number of aliphatic hydroxyl groups is 1. The zero-order valence-electron chi connectivity index (χ0n) is 24.8. The number of aliphatic hydroxyl groups excluding tert-OH is 1. The van der Waals surface area contributed by atoms with Crippen LogP contribution in [0, 0.1) is 28.9 Å². The summed E-state index contributed by atoms with van der Waals surface area (Å²) in [4.78, 5) is 41.1. The predicted octanol–water partition coefficient (Wildman–Crippen LogP) is 5.30. The highest BCUT2D eigenvalue weighted by Gasteiger charge is 2.41. The smallest absolute Gasteiger partial charge is 0.259 e. The molecule has 7 rings (SSSR count). The zero-order valence-corrected chi connectivity index (χ0v) is 24.8. The minimum Gasteiger partial charge on any atom is -0.388 e. The summed E-state index contributed by atoms with van der Waals surface area (Å²) in [5.41, 5.74) is 3.49. The molecule has 0 saturated carbocycles. The van der Waals surface area contributed by atoms with Crippen molar-refractivity contribution in [2.75, 3.05) is 22.9 Å². The molecule has 0 aliphatic carbocycles. The number of nitrogens with zero attached hydrogens (tertiary/aromatic N) is 3. The zero-order chi connectivity index (χ0) is 32.1. The summed E-state index contributed by atoms with van der Waals surface area (Å²) in [6, 6.07) is 19.3. The fourth-order valence-electron chi connectivity index (χ4n) is 7.12. The van der Waals surface area contributed by atoms with Crippen LogP contribution in [0.1, 0.15) is 64.4 Å². The van der Waals surface area contributed by atoms with Crippen molar-refractivity contribution in [3.63, 3.8) is 0 Å². The van der Waals surface area contributed by atoms with Gasteiger partial charge in [0.1, 0.15) is 17.7 Å². The lowest BCUT2D eigenvalue weighted by molar-refractivity contribution is -0.134. The minimum absolute atomic E-state index is 0.121. The number of imide groups is 1. The molecular weight excluding hydrogens is 590 g/mol. The lowest BCUT2D eigenvalue weighted by Crippen LogP contribution is -2.53. The van der Waals surface area contributed by atoms with Crippen molar-refractivity contribution in [1.29, 1.82) is 5.26 Å². The number of carbonyl (C=O) groups is 3. The molecule has 3 amide bonds. The van der Waals surface area contributed by atoms with Crippen LogP contribution in [0.25, 0.3) is 10.8 Å². The summed E-state index contributed by atoms with van der Waals surface area (Å²) < 4.78 is 30.1. The van der Waals surface area contributed by atoms with E-state index in [1.807, 2.05) is 23.1 Å². The number of carbonyl (C=O) groups excluding carboxylic acids is 3. The maximum absolute atomic E-state index is 15.5. The Hall–Kier alpha value is -5.14. The van der Waals surface area contributed by atoms with Crippen LogP contribution in [0.15, 0.2) is 66.7 Å². The van der Waals surface area contributed by atoms with Gasteiger partial charge in [-0.1, -0.05) is 30.3 Å². The largest absolute Gasteiger partial charge is 0.388 e. The van der Waals surface area contributed by atoms with Crippen molar-refractivity contribution in [2.45, 2.75) is 44.2 Å². The van der Waals surface area contributed by atoms with E-state index in [1.54, 1.807) is 42.5 Å². The highest BCUT2D eigenvalue weighted by atomic mass is 19.1. The highest BCUT2D eigenvalue weighted by Crippen LogP contribution is 2.42. The Labute approximate surface area is 263 Å². The quantitative estimate of drug-likeness (QED) is 0.283. The number of hydrogen-bond donors (Lipinski definition) is 2. The molecule has 0 bridgehead atoms. The second-order valence-electron chi connectivity index (χ2n) is 12.2. The predicted molar refractivity (Wildman–Crippen MR) is 167 cm³/mol. The number of rotatable bonds is 6. The fourth-order valence-corrected chi connectivity index (χ4v) is 7.12. The number of amides is 3. The van der Waals surface area contributed by atoms with Gasteiger partial charge in [-0.2, -0.15) is 5.26 Å². The monoisotopic (exact) mass is 620 g/mol. The highest BCUT2D eigenvalue weighted by molar-refractivity contribution is 6.27. The van der Waals surface area contributed by atoms with Gasteiger partial charge in [-0.3, -0.25) is 24.6 Å². The van der Waals surface area contributed by atoms with E-state index in [0.717, 1.165) is 10.9 Å². The number of anilines is 2. The Bertz CT molecular complexity index is 1960. The van der Waals surface area contributed by atoms with Crippen LogP contribution >= 0.6 is 0 Å². The average molecular weight is 621 g/mol. The molecule has 10 heteroatoms. The van der Waals surface area contributed by atoms with E-state index >= 15 is 4.39 Å². The topological polar surface area (TPSA) is 114 Å². The Morgan fingerprint density at radius 2 is 1.67 bits per heavy atom. The molecule has 8 nitrogen and oxygen atoms in total. The van der Waals surface area contributed by atoms with Gasteiger partial charge < -0.3 is 10.0 Å². The lowest BCUT2D eigenvalue weighted by atomic mass is 9.86. The van der Waals surface area contributed by atoms with Gasteiger partial charge in [0, 0.05) is 36.9 Å². The maximum Gasteiger partial charge on any atom is 0.259 e. The van der Waals surface area contributed by atoms with E-state index in [0.29, 0.717) is 59.4 Å². The molecule has 46 heavy (non-hydrogen) atoms. The van der Waals surface area contributed by atoms with E-state index in [4.69, 9.17) is 5.26 Å². The molecule has 2 unspecified atom stereocenters. The lowest BCUT2D eigenvalue weighted by Gasteiger charge is -2.36. The van der Waals surface area contributed by atoms with E-state index in [-0.39, 0.29) is 42.6 Å². The number of hydrogen-bond acceptors (Lipinski definition) is 6. The first-order valence-corrected chi connectivity index (χ1v) is 15.4. The van der Waals surface area contributed by atoms with Crippen molar-refractivity contribution < 1.29 is 28.3 Å². The summed E-state index contributed by atoms with van der Waals surface area (Å²) in [7, 11) is 0. The molecule has 2 saturated heterocycles. The molecule has 3 aliphatic rings. The third kappa shape index (κ3) is 5.07. The molecule has 4 aromatic rings. The second kappa shape index (κ2) is 11.7. The van der Waals surface area contributed by atoms with Crippen LogP contribution in [0.5, 0.6) is 0 Å². The Morgan fingerprint density at radius 1 is 0.913 bits per heavy atom. The number of benzene rings is 4. The average Bonchev–Trinajstić information content (AvgIpc) is 3.34. The Morgan fingerprint density at radius 3 is 2.39 bits per heavy atom. The van der Waals surface area contributed by atoms with E-state index < -0.39 is 29.7 Å². The van der Waals surface area contributed by atoms with Gasteiger partial charge in [-0.05, 0) is 83.7 Å². The Kier molecular flexibility index (Phi) is 7.49. The van der Waals surface area contributed by atoms with Crippen molar-refractivity contribution >= 4 is 39.9 Å². The molecule has 2 fully saturated rings. The van der Waals surface area contributed by atoms with E-state index in [1.165, 1.54) is 17.0 Å². The molecule has 3 heterocycles. The molecule has 232 valence electrons. The number of nitrogens with one attached hydrogen (secondary N) is 1. The van der Waals surface area contributed by atoms with Crippen LogP contribution in [-0.4, -0.2) is 42.0 Å². The van der Waals surface area contributed by atoms with Crippen LogP contribution in [0.4, 0.5) is 20.2 Å². The van der Waals surface area contributed by atoms with Gasteiger partial charge >= 0.3 is 0 Å². The number of nitriles is 1. The SMILES string of the molecule is N#Cc1ccc(N2CCC(C(O)c3ccc(Cc4ccc5c6c(cccc46)C(=O)N5C4CCC(=O)NC4=O)c(F)c3)CC2)c(F)c1. The first-order valence-electron chi connectivity index (χ1n) is 15.4. The first-order chi connectivity index (χ1) is 22.2. The van der Waals surface area contributed by atoms with Crippen LogP contribution in [0.3, 0.4) is 0 Å². The molecule has 2 atom stereocenters. The van der Waals surface area contributed by atoms with Gasteiger partial charge in [0.15, 0.2) is 0 Å². The molecule has 0 spiro atoms. The third-order valence-corrected chi connectivity index (χ3v) is 9.54. The van der Waals surface area contributed by atoms with Gasteiger partial charge in [0.25, 0.3) is 5.91 Å². The van der Waals surface area contributed by atoms with Crippen LogP contribution in [0.2, 0.25) is 0 Å². The summed E-state index contributed by atoms with van der Waals surface area (Å²) in [5.74, 6) is -2.17. The van der Waals surface area contributed by atoms with Gasteiger partial charge in [-0.25, -0.2) is 8.78 Å². The van der Waals surface area contributed by atoms with E-state index in [9.17, 15) is 23.9 Å². The normalized spacial score (nSPS) is 19.0. The number of piperidine rings is 2. The molecule has 2 N–H and O–H groups in total. The molecule has 0 radical (unpaired) electrons. The molecule has 0 aromatic heterocycles. The second-order valence-corrected chi connectivity index (χ2v) is 12.2. The number of halogens is 2. The van der Waals surface area contributed by atoms with Crippen molar-refractivity contribution in [1.82, 2.24) is 5.32 Å². The van der Waals surface area contributed by atoms with Crippen LogP contribution in [-0.2, 0) is 16.0 Å². The minimum atomic E-state index is -0.877. The summed E-state index contributed by atoms with van der Waals surface area (Å²) >= 11 is 0. The summed E-state index contributed by atoms with van der Waals surface area (Å²) in [5, 5.41) is 24.0. The molecule has 3 aliphatic heterocycles. The van der Waals surface area contributed by atoms with E-state index in [2.05, 4.69) is 5.32 Å². The molecular formula is C36H30F2N4O4. The third-order valence-electron chi connectivity index (χ3n) is 9.54. The summed E-state index contributed by atoms with van der Waals surface area (Å²) in [6.07, 6.45) is 0.963. The maximum atomic E-state index is 15.5. The standard InChI is InChI=1S/C36H30F2N4O4/c37-27-18-24(34(44)21-12-14-41(15-13-21)29-8-4-20(19-39)16-28(29)38)6-5-23(27)17-22-7-9-30-33-25(22)2-1-3-26(33)36(46)42(30)31-10-11-32(43)40-35(31)45/h1-9,16,18,21,31,34,44H,10-15,17H2,(H,40,43,45).